The molecule has 1 aliphatic rings. The molecule has 5 heteroatoms. The quantitative estimate of drug-likeness (QED) is 0.948. The van der Waals surface area contributed by atoms with Crippen LogP contribution in [0.3, 0.4) is 0 Å². The molecule has 1 N–H and O–H groups in total. The molecule has 21 heavy (non-hydrogen) atoms. The highest BCUT2D eigenvalue weighted by molar-refractivity contribution is 6.30. The molecule has 1 aromatic heterocycles. The third kappa shape index (κ3) is 2.71. The molecular formula is C16H19ClN2O2. The average molecular weight is 307 g/mol. The zero-order chi connectivity index (χ0) is 15.0. The van der Waals surface area contributed by atoms with Crippen LogP contribution in [0.25, 0.3) is 0 Å². The molecule has 0 aliphatic carbocycles. The van der Waals surface area contributed by atoms with Gasteiger partial charge in [0.1, 0.15) is 5.15 Å². The maximum atomic E-state index is 10.6. The molecule has 0 bridgehead atoms. The van der Waals surface area contributed by atoms with Gasteiger partial charge in [-0.1, -0.05) is 35.9 Å². The van der Waals surface area contributed by atoms with Crippen molar-refractivity contribution in [3.8, 4) is 0 Å². The minimum Gasteiger partial charge on any atom is -0.388 e. The smallest absolute Gasteiger partial charge is 0.132 e. The molecule has 2 atom stereocenters. The number of aromatic nitrogens is 2. The molecule has 0 saturated heterocycles. The maximum Gasteiger partial charge on any atom is 0.132 e. The van der Waals surface area contributed by atoms with Gasteiger partial charge in [0.2, 0.25) is 0 Å². The highest BCUT2D eigenvalue weighted by atomic mass is 35.5. The van der Waals surface area contributed by atoms with Crippen molar-refractivity contribution in [3.05, 3.63) is 51.8 Å². The Balaban J connectivity index is 1.84. The highest BCUT2D eigenvalue weighted by Crippen LogP contribution is 2.36. The lowest BCUT2D eigenvalue weighted by Crippen LogP contribution is -2.18. The van der Waals surface area contributed by atoms with Gasteiger partial charge in [0.25, 0.3) is 0 Å². The van der Waals surface area contributed by atoms with E-state index in [4.69, 9.17) is 16.3 Å². The van der Waals surface area contributed by atoms with Gasteiger partial charge >= 0.3 is 0 Å². The van der Waals surface area contributed by atoms with Gasteiger partial charge in [-0.3, -0.25) is 4.68 Å². The summed E-state index contributed by atoms with van der Waals surface area (Å²) in [7, 11) is 1.78. The summed E-state index contributed by atoms with van der Waals surface area (Å²) < 4.78 is 7.44. The molecule has 0 spiro atoms. The summed E-state index contributed by atoms with van der Waals surface area (Å²) >= 11 is 6.23. The second-order valence-corrected chi connectivity index (χ2v) is 5.83. The lowest BCUT2D eigenvalue weighted by molar-refractivity contribution is 0.00366. The van der Waals surface area contributed by atoms with Crippen LogP contribution in [0.15, 0.2) is 24.3 Å². The van der Waals surface area contributed by atoms with Gasteiger partial charge in [0, 0.05) is 19.0 Å². The van der Waals surface area contributed by atoms with Crippen molar-refractivity contribution < 1.29 is 9.84 Å². The second-order valence-electron chi connectivity index (χ2n) is 5.47. The average Bonchev–Trinajstić information content (AvgIpc) is 2.72. The maximum absolute atomic E-state index is 10.6. The Labute approximate surface area is 129 Å². The van der Waals surface area contributed by atoms with Crippen LogP contribution in [0, 0.1) is 6.92 Å². The molecular weight excluding hydrogens is 288 g/mol. The predicted molar refractivity (Wildman–Crippen MR) is 81.4 cm³/mol. The number of aliphatic hydroxyl groups is 1. The number of benzene rings is 1. The van der Waals surface area contributed by atoms with E-state index in [0.29, 0.717) is 23.7 Å². The lowest BCUT2D eigenvalue weighted by Gasteiger charge is -2.27. The number of aryl methyl sites for hydroxylation is 2. The predicted octanol–water partition coefficient (Wildman–Crippen LogP) is 3.12. The third-order valence-electron chi connectivity index (χ3n) is 4.06. The molecule has 0 radical (unpaired) electrons. The topological polar surface area (TPSA) is 47.3 Å². The number of hydrogen-bond acceptors (Lipinski definition) is 3. The van der Waals surface area contributed by atoms with Gasteiger partial charge in [-0.05, 0) is 24.5 Å². The fourth-order valence-corrected chi connectivity index (χ4v) is 3.32. The van der Waals surface area contributed by atoms with Crippen LogP contribution in [-0.4, -0.2) is 21.5 Å². The Morgan fingerprint density at radius 3 is 2.95 bits per heavy atom. The normalized spacial score (nSPS) is 19.3. The van der Waals surface area contributed by atoms with Crippen LogP contribution in [0.4, 0.5) is 0 Å². The van der Waals surface area contributed by atoms with Crippen LogP contribution in [0.5, 0.6) is 0 Å². The van der Waals surface area contributed by atoms with Crippen LogP contribution >= 0.6 is 11.6 Å². The van der Waals surface area contributed by atoms with Crippen molar-refractivity contribution in [2.45, 2.75) is 32.0 Å². The monoisotopic (exact) mass is 306 g/mol. The van der Waals surface area contributed by atoms with Crippen LogP contribution in [0.2, 0.25) is 5.15 Å². The Bertz CT molecular complexity index is 654. The number of aliphatic hydroxyl groups excluding tert-OH is 1. The number of halogens is 1. The lowest BCUT2D eigenvalue weighted by atomic mass is 9.92. The molecule has 0 amide bonds. The van der Waals surface area contributed by atoms with Gasteiger partial charge in [-0.15, -0.1) is 0 Å². The van der Waals surface area contributed by atoms with E-state index < -0.39 is 6.10 Å². The summed E-state index contributed by atoms with van der Waals surface area (Å²) in [5.41, 5.74) is 3.93. The Morgan fingerprint density at radius 2 is 2.24 bits per heavy atom. The van der Waals surface area contributed by atoms with Crippen molar-refractivity contribution in [2.24, 2.45) is 7.05 Å². The Morgan fingerprint density at radius 1 is 1.48 bits per heavy atom. The van der Waals surface area contributed by atoms with Crippen molar-refractivity contribution >= 4 is 11.6 Å². The van der Waals surface area contributed by atoms with E-state index in [1.165, 1.54) is 11.1 Å². The zero-order valence-corrected chi connectivity index (χ0v) is 13.0. The molecule has 3 rings (SSSR count). The first-order valence-corrected chi connectivity index (χ1v) is 7.52. The molecule has 0 fully saturated rings. The summed E-state index contributed by atoms with van der Waals surface area (Å²) in [6.07, 6.45) is 0.640. The third-order valence-corrected chi connectivity index (χ3v) is 4.51. The number of nitrogens with zero attached hydrogens (tertiary/aromatic N) is 2. The fourth-order valence-electron chi connectivity index (χ4n) is 3.02. The van der Waals surface area contributed by atoms with Gasteiger partial charge in [0.05, 0.1) is 24.5 Å². The molecule has 2 unspecified atom stereocenters. The van der Waals surface area contributed by atoms with E-state index in [0.717, 1.165) is 12.1 Å². The Hall–Kier alpha value is -1.36. The summed E-state index contributed by atoms with van der Waals surface area (Å²) in [6, 6.07) is 8.25. The van der Waals surface area contributed by atoms with Crippen molar-refractivity contribution in [1.29, 1.82) is 0 Å². The fraction of sp³-hybridized carbons (Fsp3) is 0.438. The minimum atomic E-state index is -0.678. The summed E-state index contributed by atoms with van der Waals surface area (Å²) in [5.74, 6) is 0. The van der Waals surface area contributed by atoms with Gasteiger partial charge < -0.3 is 9.84 Å². The van der Waals surface area contributed by atoms with Crippen LogP contribution in [0.1, 0.15) is 41.0 Å². The molecule has 112 valence electrons. The van der Waals surface area contributed by atoms with Crippen molar-refractivity contribution in [3.63, 3.8) is 0 Å². The minimum absolute atomic E-state index is 0.0966. The second kappa shape index (κ2) is 5.79. The summed E-state index contributed by atoms with van der Waals surface area (Å²) in [4.78, 5) is 0. The molecule has 1 aromatic carbocycles. The zero-order valence-electron chi connectivity index (χ0n) is 12.2. The number of fused-ring (bicyclic) bond motifs is 1. The van der Waals surface area contributed by atoms with Gasteiger partial charge in [0.15, 0.2) is 0 Å². The summed E-state index contributed by atoms with van der Waals surface area (Å²) in [6.45, 7) is 2.55. The van der Waals surface area contributed by atoms with E-state index in [9.17, 15) is 5.11 Å². The molecule has 1 aliphatic heterocycles. The first-order valence-electron chi connectivity index (χ1n) is 7.14. The summed E-state index contributed by atoms with van der Waals surface area (Å²) in [5, 5.41) is 15.3. The Kier molecular flexibility index (Phi) is 4.02. The SMILES string of the molecule is Cc1nn(C)c(Cl)c1C(O)CC1OCCc2ccccc21. The standard InChI is InChI=1S/C16H19ClN2O2/c1-10-15(16(17)19(2)18-10)13(20)9-14-12-6-4-3-5-11(12)7-8-21-14/h3-6,13-14,20H,7-9H2,1-2H3. The highest BCUT2D eigenvalue weighted by Gasteiger charge is 2.27. The van der Waals surface area contributed by atoms with E-state index in [-0.39, 0.29) is 6.10 Å². The van der Waals surface area contributed by atoms with Gasteiger partial charge in [-0.25, -0.2) is 0 Å². The van der Waals surface area contributed by atoms with Crippen molar-refractivity contribution in [2.75, 3.05) is 6.61 Å². The van der Waals surface area contributed by atoms with Crippen molar-refractivity contribution in [1.82, 2.24) is 9.78 Å². The van der Waals surface area contributed by atoms with E-state index in [1.807, 2.05) is 19.1 Å². The van der Waals surface area contributed by atoms with Crippen LogP contribution < -0.4 is 0 Å². The molecule has 4 nitrogen and oxygen atoms in total. The number of hydrogen-bond donors (Lipinski definition) is 1. The van der Waals surface area contributed by atoms with Crippen LogP contribution in [-0.2, 0) is 18.2 Å². The first kappa shape index (κ1) is 14.6. The largest absolute Gasteiger partial charge is 0.388 e. The number of rotatable bonds is 3. The molecule has 2 heterocycles. The van der Waals surface area contributed by atoms with E-state index in [2.05, 4.69) is 17.2 Å². The molecule has 2 aromatic rings. The van der Waals surface area contributed by atoms with E-state index >= 15 is 0 Å². The first-order chi connectivity index (χ1) is 10.1. The molecule has 0 saturated carbocycles. The number of ether oxygens (including phenoxy) is 1. The van der Waals surface area contributed by atoms with E-state index in [1.54, 1.807) is 11.7 Å². The van der Waals surface area contributed by atoms with Gasteiger partial charge in [-0.2, -0.15) is 5.10 Å².